The van der Waals surface area contributed by atoms with Gasteiger partial charge in [0.1, 0.15) is 18.5 Å². The second kappa shape index (κ2) is 9.38. The summed E-state index contributed by atoms with van der Waals surface area (Å²) in [7, 11) is 3.28. The summed E-state index contributed by atoms with van der Waals surface area (Å²) >= 11 is 1.58. The first-order chi connectivity index (χ1) is 14.7. The van der Waals surface area contributed by atoms with Gasteiger partial charge in [0.2, 0.25) is 5.16 Å². The van der Waals surface area contributed by atoms with E-state index in [1.807, 2.05) is 23.1 Å². The van der Waals surface area contributed by atoms with Gasteiger partial charge >= 0.3 is 0 Å². The topological polar surface area (TPSA) is 90.2 Å². The highest BCUT2D eigenvalue weighted by molar-refractivity contribution is 7.98. The fourth-order valence-corrected chi connectivity index (χ4v) is 4.35. The van der Waals surface area contributed by atoms with Crippen molar-refractivity contribution in [1.29, 1.82) is 0 Å². The van der Waals surface area contributed by atoms with Crippen molar-refractivity contribution in [2.75, 3.05) is 50.4 Å². The van der Waals surface area contributed by atoms with Crippen LogP contribution in [-0.4, -0.2) is 65.0 Å². The third kappa shape index (κ3) is 4.23. The zero-order valence-electron chi connectivity index (χ0n) is 17.5. The summed E-state index contributed by atoms with van der Waals surface area (Å²) in [5.74, 6) is 3.02. The SMILES string of the molecule is COc1cc2ncnc(N3CCC(CCNn4cnnc4SC)CC3)c2cc1OC. The van der Waals surface area contributed by atoms with Crippen LogP contribution in [0.4, 0.5) is 5.82 Å². The first-order valence-corrected chi connectivity index (χ1v) is 11.3. The largest absolute Gasteiger partial charge is 0.493 e. The highest BCUT2D eigenvalue weighted by Gasteiger charge is 2.22. The van der Waals surface area contributed by atoms with E-state index in [0.717, 1.165) is 60.8 Å². The van der Waals surface area contributed by atoms with Crippen LogP contribution in [0.5, 0.6) is 11.5 Å². The van der Waals surface area contributed by atoms with Crippen LogP contribution in [0.2, 0.25) is 0 Å². The molecule has 0 radical (unpaired) electrons. The summed E-state index contributed by atoms with van der Waals surface area (Å²) < 4.78 is 12.8. The molecule has 0 aliphatic carbocycles. The summed E-state index contributed by atoms with van der Waals surface area (Å²) in [6.45, 7) is 2.87. The zero-order valence-corrected chi connectivity index (χ0v) is 18.4. The smallest absolute Gasteiger partial charge is 0.209 e. The molecule has 0 saturated carbocycles. The number of hydrogen-bond acceptors (Lipinski definition) is 9. The van der Waals surface area contributed by atoms with Crippen LogP contribution in [0.25, 0.3) is 10.9 Å². The quantitative estimate of drug-likeness (QED) is 0.543. The molecule has 1 fully saturated rings. The first kappa shape index (κ1) is 20.5. The molecule has 1 aromatic carbocycles. The van der Waals surface area contributed by atoms with Gasteiger partial charge in [-0.25, -0.2) is 14.6 Å². The van der Waals surface area contributed by atoms with Gasteiger partial charge in [0.25, 0.3) is 0 Å². The van der Waals surface area contributed by atoms with E-state index < -0.39 is 0 Å². The van der Waals surface area contributed by atoms with Crippen LogP contribution >= 0.6 is 11.8 Å². The minimum Gasteiger partial charge on any atom is -0.493 e. The second-order valence-corrected chi connectivity index (χ2v) is 8.01. The molecule has 1 saturated heterocycles. The van der Waals surface area contributed by atoms with Crippen molar-refractivity contribution in [1.82, 2.24) is 24.8 Å². The number of aromatic nitrogens is 5. The maximum atomic E-state index is 5.48. The molecule has 0 bridgehead atoms. The number of piperidine rings is 1. The van der Waals surface area contributed by atoms with E-state index in [-0.39, 0.29) is 0 Å². The Labute approximate surface area is 180 Å². The number of thioether (sulfide) groups is 1. The number of hydrogen-bond donors (Lipinski definition) is 1. The molecule has 4 rings (SSSR count). The van der Waals surface area contributed by atoms with Crippen LogP contribution in [0, 0.1) is 5.92 Å². The Hall–Kier alpha value is -2.75. The van der Waals surface area contributed by atoms with Crippen LogP contribution in [0.1, 0.15) is 19.3 Å². The lowest BCUT2D eigenvalue weighted by molar-refractivity contribution is 0.355. The Bertz CT molecular complexity index is 988. The number of ether oxygens (including phenoxy) is 2. The van der Waals surface area contributed by atoms with Crippen molar-refractivity contribution in [3.8, 4) is 11.5 Å². The fourth-order valence-electron chi connectivity index (χ4n) is 3.92. The van der Waals surface area contributed by atoms with Crippen molar-refractivity contribution >= 4 is 28.5 Å². The van der Waals surface area contributed by atoms with Gasteiger partial charge in [0, 0.05) is 31.1 Å². The van der Waals surface area contributed by atoms with Crippen LogP contribution in [-0.2, 0) is 0 Å². The molecule has 0 unspecified atom stereocenters. The molecule has 30 heavy (non-hydrogen) atoms. The summed E-state index contributed by atoms with van der Waals surface area (Å²) in [5, 5.41) is 9.89. The van der Waals surface area contributed by atoms with Gasteiger partial charge < -0.3 is 19.8 Å². The van der Waals surface area contributed by atoms with Crippen molar-refractivity contribution in [2.24, 2.45) is 5.92 Å². The van der Waals surface area contributed by atoms with Crippen molar-refractivity contribution in [3.63, 3.8) is 0 Å². The molecule has 0 amide bonds. The third-order valence-electron chi connectivity index (χ3n) is 5.57. The van der Waals surface area contributed by atoms with Crippen LogP contribution in [0.15, 0.2) is 29.9 Å². The van der Waals surface area contributed by atoms with E-state index >= 15 is 0 Å². The average Bonchev–Trinajstić information content (AvgIpc) is 3.25. The van der Waals surface area contributed by atoms with E-state index in [9.17, 15) is 0 Å². The molecule has 2 aromatic heterocycles. The Balaban J connectivity index is 1.38. The molecule has 1 N–H and O–H groups in total. The van der Waals surface area contributed by atoms with Crippen LogP contribution in [0.3, 0.4) is 0 Å². The highest BCUT2D eigenvalue weighted by Crippen LogP contribution is 2.35. The maximum absolute atomic E-state index is 5.48. The van der Waals surface area contributed by atoms with Gasteiger partial charge in [0.15, 0.2) is 11.5 Å². The molecular formula is C20H27N7O2S. The minimum absolute atomic E-state index is 0.679. The summed E-state index contributed by atoms with van der Waals surface area (Å²) in [6.07, 6.45) is 8.74. The number of rotatable bonds is 8. The van der Waals surface area contributed by atoms with Gasteiger partial charge in [-0.1, -0.05) is 11.8 Å². The zero-order chi connectivity index (χ0) is 20.9. The molecule has 9 nitrogen and oxygen atoms in total. The number of methoxy groups -OCH3 is 2. The maximum Gasteiger partial charge on any atom is 0.209 e. The molecule has 1 aliphatic heterocycles. The van der Waals surface area contributed by atoms with Crippen molar-refractivity contribution < 1.29 is 9.47 Å². The second-order valence-electron chi connectivity index (χ2n) is 7.24. The van der Waals surface area contributed by atoms with E-state index in [2.05, 4.69) is 30.5 Å². The number of benzene rings is 1. The lowest BCUT2D eigenvalue weighted by Gasteiger charge is -2.33. The Morgan fingerprint density at radius 3 is 2.63 bits per heavy atom. The van der Waals surface area contributed by atoms with Crippen molar-refractivity contribution in [2.45, 2.75) is 24.4 Å². The molecule has 0 spiro atoms. The molecule has 3 heterocycles. The summed E-state index contributed by atoms with van der Waals surface area (Å²) in [6, 6.07) is 3.88. The normalized spacial score (nSPS) is 14.8. The van der Waals surface area contributed by atoms with E-state index in [4.69, 9.17) is 9.47 Å². The van der Waals surface area contributed by atoms with E-state index in [1.54, 1.807) is 38.6 Å². The van der Waals surface area contributed by atoms with Gasteiger partial charge in [-0.15, -0.1) is 10.2 Å². The minimum atomic E-state index is 0.679. The highest BCUT2D eigenvalue weighted by atomic mass is 32.2. The molecule has 0 atom stereocenters. The number of fused-ring (bicyclic) bond motifs is 1. The number of nitrogens with zero attached hydrogens (tertiary/aromatic N) is 6. The number of anilines is 1. The van der Waals surface area contributed by atoms with E-state index in [0.29, 0.717) is 17.4 Å². The Morgan fingerprint density at radius 1 is 1.13 bits per heavy atom. The molecule has 1 aliphatic rings. The van der Waals surface area contributed by atoms with Gasteiger partial charge in [-0.3, -0.25) is 0 Å². The summed E-state index contributed by atoms with van der Waals surface area (Å²) in [4.78, 5) is 11.4. The molecular weight excluding hydrogens is 402 g/mol. The van der Waals surface area contributed by atoms with E-state index in [1.165, 1.54) is 0 Å². The van der Waals surface area contributed by atoms with Gasteiger partial charge in [0.05, 0.1) is 19.7 Å². The first-order valence-electron chi connectivity index (χ1n) is 10.0. The Morgan fingerprint density at radius 2 is 1.90 bits per heavy atom. The molecule has 160 valence electrons. The average molecular weight is 430 g/mol. The van der Waals surface area contributed by atoms with Crippen molar-refractivity contribution in [3.05, 3.63) is 24.8 Å². The Kier molecular flexibility index (Phi) is 6.41. The number of nitrogens with one attached hydrogen (secondary N) is 1. The predicted octanol–water partition coefficient (Wildman–Crippen LogP) is 2.81. The van der Waals surface area contributed by atoms with Gasteiger partial charge in [-0.05, 0) is 37.5 Å². The predicted molar refractivity (Wildman–Crippen MR) is 118 cm³/mol. The molecule has 3 aromatic rings. The monoisotopic (exact) mass is 429 g/mol. The summed E-state index contributed by atoms with van der Waals surface area (Å²) in [5.41, 5.74) is 4.26. The standard InChI is InChI=1S/C20H27N7O2S/c1-28-17-10-15-16(11-18(17)29-2)21-12-22-19(15)26-8-5-14(6-9-26)4-7-24-27-13-23-25-20(27)30-3/h10-14,24H,4-9H2,1-3H3. The van der Waals surface area contributed by atoms with Crippen LogP contribution < -0.4 is 19.8 Å². The fraction of sp³-hybridized carbons (Fsp3) is 0.500. The lowest BCUT2D eigenvalue weighted by atomic mass is 9.93. The molecule has 10 heteroatoms. The van der Waals surface area contributed by atoms with Gasteiger partial charge in [-0.2, -0.15) is 0 Å². The lowest BCUT2D eigenvalue weighted by Crippen LogP contribution is -2.35. The third-order valence-corrected chi connectivity index (χ3v) is 6.21.